The Morgan fingerprint density at radius 3 is 2.91 bits per heavy atom. The van der Waals surface area contributed by atoms with Gasteiger partial charge in [0.05, 0.1) is 34.7 Å². The summed E-state index contributed by atoms with van der Waals surface area (Å²) in [7, 11) is 0. The summed E-state index contributed by atoms with van der Waals surface area (Å²) in [5.74, 6) is 0.136. The smallest absolute Gasteiger partial charge is 0.206 e. The van der Waals surface area contributed by atoms with Crippen molar-refractivity contribution in [1.82, 2.24) is 10.1 Å². The second-order valence-corrected chi connectivity index (χ2v) is 9.12. The second kappa shape index (κ2) is 7.62. The van der Waals surface area contributed by atoms with E-state index in [1.54, 1.807) is 12.4 Å². The molecule has 1 fully saturated rings. The normalized spacial score (nSPS) is 25.3. The zero-order valence-corrected chi connectivity index (χ0v) is 18.5. The Morgan fingerprint density at radius 2 is 2.12 bits per heavy atom. The molecule has 1 aromatic carbocycles. The molecule has 5 heterocycles. The van der Waals surface area contributed by atoms with Crippen LogP contribution < -0.4 is 10.2 Å². The molecule has 6 rings (SSSR count). The third-order valence-corrected chi connectivity index (χ3v) is 6.78. The number of nitrogens with one attached hydrogen (secondary N) is 1. The Kier molecular flexibility index (Phi) is 4.69. The molecule has 33 heavy (non-hydrogen) atoms. The summed E-state index contributed by atoms with van der Waals surface area (Å²) in [6, 6.07) is 5.74. The van der Waals surface area contributed by atoms with Gasteiger partial charge < -0.3 is 19.5 Å². The van der Waals surface area contributed by atoms with Crippen LogP contribution in [-0.2, 0) is 17.7 Å². The molecular weight excluding hydrogens is 423 g/mol. The first kappa shape index (κ1) is 20.3. The molecule has 0 amide bonds. The number of hydrogen-bond donors (Lipinski definition) is 1. The van der Waals surface area contributed by atoms with Crippen molar-refractivity contribution in [2.75, 3.05) is 23.4 Å². The molecule has 170 valence electrons. The maximum absolute atomic E-state index is 16.0. The highest BCUT2D eigenvalue weighted by atomic mass is 19.1. The SMILES string of the molecule is C[C@@H]1CN2c3c(cc4c(NCc5cccnc5)noc4c3F)CC3(C=NCN=C3)[C@H]2[C@H](C)O1. The minimum absolute atomic E-state index is 0.0294. The van der Waals surface area contributed by atoms with E-state index in [0.717, 1.165) is 11.1 Å². The molecule has 1 N–H and O–H groups in total. The summed E-state index contributed by atoms with van der Waals surface area (Å²) >= 11 is 0. The van der Waals surface area contributed by atoms with Gasteiger partial charge >= 0.3 is 0 Å². The number of aliphatic imine (C=N–C) groups is 2. The molecular formula is C24H25FN6O2. The van der Waals surface area contributed by atoms with E-state index in [1.165, 1.54) is 0 Å². The quantitative estimate of drug-likeness (QED) is 0.659. The second-order valence-electron chi connectivity index (χ2n) is 9.12. The summed E-state index contributed by atoms with van der Waals surface area (Å²) in [5.41, 5.74) is 2.17. The van der Waals surface area contributed by atoms with E-state index < -0.39 is 5.41 Å². The summed E-state index contributed by atoms with van der Waals surface area (Å²) < 4.78 is 27.6. The van der Waals surface area contributed by atoms with Gasteiger partial charge in [-0.05, 0) is 43.5 Å². The van der Waals surface area contributed by atoms with Crippen LogP contribution in [0.2, 0.25) is 0 Å². The predicted octanol–water partition coefficient (Wildman–Crippen LogP) is 3.61. The third kappa shape index (κ3) is 3.21. The number of aromatic nitrogens is 2. The van der Waals surface area contributed by atoms with Crippen LogP contribution in [0.5, 0.6) is 0 Å². The fourth-order valence-corrected chi connectivity index (χ4v) is 5.61. The zero-order chi connectivity index (χ0) is 22.6. The first-order valence-corrected chi connectivity index (χ1v) is 11.2. The Morgan fingerprint density at radius 1 is 1.27 bits per heavy atom. The molecule has 0 saturated carbocycles. The lowest BCUT2D eigenvalue weighted by Gasteiger charge is -2.54. The molecule has 3 atom stereocenters. The van der Waals surface area contributed by atoms with Crippen LogP contribution >= 0.6 is 0 Å². The standard InChI is InChI=1S/C24H25FN6O2/c1-14-10-31-20-17(7-24(11-27-13-28-12-24)22(31)15(2)32-14)6-18-21(19(20)25)33-30-23(18)29-9-16-4-3-5-26-8-16/h3-6,8,11-12,14-15,22H,7,9-10,13H2,1-2H3,(H,29,30)/t14-,15+,22-/m1/s1. The number of nitrogens with zero attached hydrogens (tertiary/aromatic N) is 5. The number of pyridine rings is 1. The number of morpholine rings is 1. The van der Waals surface area contributed by atoms with Crippen molar-refractivity contribution in [1.29, 1.82) is 0 Å². The van der Waals surface area contributed by atoms with Crippen LogP contribution in [0, 0.1) is 11.2 Å². The van der Waals surface area contributed by atoms with Gasteiger partial charge in [-0.3, -0.25) is 15.0 Å². The molecule has 3 aliphatic rings. The van der Waals surface area contributed by atoms with Crippen LogP contribution in [-0.4, -0.2) is 54.0 Å². The summed E-state index contributed by atoms with van der Waals surface area (Å²) in [6.07, 6.45) is 7.91. The van der Waals surface area contributed by atoms with Crippen LogP contribution in [0.25, 0.3) is 11.0 Å². The minimum atomic E-state index is -0.453. The number of benzene rings is 1. The predicted molar refractivity (Wildman–Crippen MR) is 125 cm³/mol. The monoisotopic (exact) mass is 448 g/mol. The zero-order valence-electron chi connectivity index (χ0n) is 18.5. The molecule has 0 bridgehead atoms. The number of hydrogen-bond acceptors (Lipinski definition) is 8. The van der Waals surface area contributed by atoms with E-state index in [1.807, 2.05) is 44.5 Å². The van der Waals surface area contributed by atoms with Crippen LogP contribution in [0.15, 0.2) is 45.1 Å². The van der Waals surface area contributed by atoms with Crippen LogP contribution in [0.1, 0.15) is 25.0 Å². The lowest BCUT2D eigenvalue weighted by molar-refractivity contribution is -0.0432. The van der Waals surface area contributed by atoms with E-state index in [0.29, 0.717) is 43.1 Å². The van der Waals surface area contributed by atoms with Crippen molar-refractivity contribution in [3.8, 4) is 0 Å². The summed E-state index contributed by atoms with van der Waals surface area (Å²) in [5, 5.41) is 8.03. The van der Waals surface area contributed by atoms with Crippen molar-refractivity contribution in [2.45, 2.75) is 45.1 Å². The Labute approximate surface area is 190 Å². The lowest BCUT2D eigenvalue weighted by Crippen LogP contribution is -2.65. The van der Waals surface area contributed by atoms with Crippen molar-refractivity contribution in [3.63, 3.8) is 0 Å². The van der Waals surface area contributed by atoms with E-state index in [4.69, 9.17) is 9.26 Å². The number of anilines is 2. The molecule has 9 heteroatoms. The number of halogens is 1. The van der Waals surface area contributed by atoms with Crippen molar-refractivity contribution < 1.29 is 13.7 Å². The highest BCUT2D eigenvalue weighted by Crippen LogP contribution is 2.47. The van der Waals surface area contributed by atoms with Gasteiger partial charge in [-0.25, -0.2) is 4.39 Å². The van der Waals surface area contributed by atoms with Crippen molar-refractivity contribution in [3.05, 3.63) is 47.5 Å². The van der Waals surface area contributed by atoms with E-state index in [9.17, 15) is 0 Å². The number of ether oxygens (including phenoxy) is 1. The average molecular weight is 449 g/mol. The van der Waals surface area contributed by atoms with Gasteiger partial charge in [0.2, 0.25) is 5.58 Å². The first-order valence-electron chi connectivity index (χ1n) is 11.2. The van der Waals surface area contributed by atoms with Crippen LogP contribution in [0.4, 0.5) is 15.9 Å². The number of rotatable bonds is 3. The maximum Gasteiger partial charge on any atom is 0.206 e. The van der Waals surface area contributed by atoms with Gasteiger partial charge in [0.15, 0.2) is 11.6 Å². The van der Waals surface area contributed by atoms with Gasteiger partial charge in [0.1, 0.15) is 6.67 Å². The fraction of sp³-hybridized carbons (Fsp3) is 0.417. The molecule has 3 aromatic rings. The molecule has 0 aliphatic carbocycles. The minimum Gasteiger partial charge on any atom is -0.372 e. The van der Waals surface area contributed by atoms with Crippen molar-refractivity contribution >= 4 is 34.9 Å². The highest BCUT2D eigenvalue weighted by Gasteiger charge is 2.52. The average Bonchev–Trinajstić information content (AvgIpc) is 3.21. The van der Waals surface area contributed by atoms with Crippen molar-refractivity contribution in [2.24, 2.45) is 15.4 Å². The fourth-order valence-electron chi connectivity index (χ4n) is 5.61. The first-order chi connectivity index (χ1) is 16.1. The Bertz CT molecular complexity index is 1240. The van der Waals surface area contributed by atoms with Crippen LogP contribution in [0.3, 0.4) is 0 Å². The highest BCUT2D eigenvalue weighted by molar-refractivity contribution is 5.97. The summed E-state index contributed by atoms with van der Waals surface area (Å²) in [4.78, 5) is 15.2. The number of fused-ring (bicyclic) bond motifs is 5. The Hall–Kier alpha value is -3.33. The Balaban J connectivity index is 1.45. The molecule has 3 aliphatic heterocycles. The van der Waals surface area contributed by atoms with Gasteiger partial charge in [0.25, 0.3) is 0 Å². The van der Waals surface area contributed by atoms with Gasteiger partial charge in [-0.15, -0.1) is 0 Å². The van der Waals surface area contributed by atoms with E-state index in [2.05, 4.69) is 30.3 Å². The lowest BCUT2D eigenvalue weighted by atomic mass is 9.69. The van der Waals surface area contributed by atoms with E-state index >= 15 is 4.39 Å². The topological polar surface area (TPSA) is 88.1 Å². The van der Waals surface area contributed by atoms with Gasteiger partial charge in [0, 0.05) is 37.9 Å². The molecule has 1 spiro atoms. The van der Waals surface area contributed by atoms with E-state index in [-0.39, 0.29) is 29.7 Å². The van der Waals surface area contributed by atoms with Gasteiger partial charge in [-0.1, -0.05) is 11.2 Å². The summed E-state index contributed by atoms with van der Waals surface area (Å²) in [6.45, 7) is 5.57. The molecule has 0 unspecified atom stereocenters. The molecule has 1 saturated heterocycles. The van der Waals surface area contributed by atoms with Gasteiger partial charge in [-0.2, -0.15) is 0 Å². The maximum atomic E-state index is 16.0. The molecule has 2 aromatic heterocycles. The largest absolute Gasteiger partial charge is 0.372 e. The third-order valence-electron chi connectivity index (χ3n) is 6.78. The molecule has 0 radical (unpaired) electrons. The molecule has 8 nitrogen and oxygen atoms in total.